The van der Waals surface area contributed by atoms with Gasteiger partial charge in [-0.3, -0.25) is 4.79 Å². The highest BCUT2D eigenvalue weighted by atomic mass is 35.5. The number of carbonyl (C=O) groups excluding carboxylic acids is 1. The van der Waals surface area contributed by atoms with Gasteiger partial charge in [-0.05, 0) is 48.9 Å². The predicted molar refractivity (Wildman–Crippen MR) is 95.9 cm³/mol. The normalized spacial score (nSPS) is 20.5. The summed E-state index contributed by atoms with van der Waals surface area (Å²) < 4.78 is 5.09. The lowest BCUT2D eigenvalue weighted by Crippen LogP contribution is -2.41. The van der Waals surface area contributed by atoms with Gasteiger partial charge in [-0.1, -0.05) is 23.7 Å². The molecule has 1 aliphatic carbocycles. The number of aromatic nitrogens is 1. The fourth-order valence-electron chi connectivity index (χ4n) is 3.13. The van der Waals surface area contributed by atoms with Crippen molar-refractivity contribution in [2.75, 3.05) is 7.11 Å². The maximum absolute atomic E-state index is 12.8. The van der Waals surface area contributed by atoms with Crippen molar-refractivity contribution in [3.8, 4) is 5.88 Å². The van der Waals surface area contributed by atoms with E-state index in [-0.39, 0.29) is 24.0 Å². The molecule has 1 saturated carbocycles. The molecule has 0 aliphatic heterocycles. The highest BCUT2D eigenvalue weighted by molar-refractivity contribution is 6.31. The molecule has 1 fully saturated rings. The van der Waals surface area contributed by atoms with Crippen LogP contribution in [-0.2, 0) is 0 Å². The largest absolute Gasteiger partial charge is 0.481 e. The summed E-state index contributed by atoms with van der Waals surface area (Å²) in [6.45, 7) is 1.88. The summed E-state index contributed by atoms with van der Waals surface area (Å²) in [5.41, 5.74) is 2.31. The molecule has 1 aromatic heterocycles. The number of hydrogen-bond acceptors (Lipinski definition) is 4. The first kappa shape index (κ1) is 17.7. The van der Waals surface area contributed by atoms with Crippen LogP contribution in [0.25, 0.3) is 0 Å². The maximum Gasteiger partial charge on any atom is 0.252 e. The fraction of sp³-hybridized carbons (Fsp3) is 0.368. The number of halogens is 1. The summed E-state index contributed by atoms with van der Waals surface area (Å²) in [5.74, 6) is 0.518. The van der Waals surface area contributed by atoms with Gasteiger partial charge in [0, 0.05) is 22.8 Å². The van der Waals surface area contributed by atoms with Crippen LogP contribution in [0.5, 0.6) is 5.88 Å². The second-order valence-electron chi connectivity index (χ2n) is 6.43. The van der Waals surface area contributed by atoms with Crippen LogP contribution in [0.2, 0.25) is 5.02 Å². The van der Waals surface area contributed by atoms with Gasteiger partial charge in [0.2, 0.25) is 5.88 Å². The Morgan fingerprint density at radius 1 is 1.36 bits per heavy atom. The van der Waals surface area contributed by atoms with Crippen molar-refractivity contribution in [2.24, 2.45) is 5.92 Å². The van der Waals surface area contributed by atoms with Crippen molar-refractivity contribution in [2.45, 2.75) is 31.9 Å². The Balaban J connectivity index is 1.84. The molecular weight excluding hydrogens is 340 g/mol. The van der Waals surface area contributed by atoms with Crippen molar-refractivity contribution < 1.29 is 14.6 Å². The van der Waals surface area contributed by atoms with Crippen LogP contribution in [0, 0.1) is 12.8 Å². The zero-order valence-electron chi connectivity index (χ0n) is 14.2. The first-order chi connectivity index (χ1) is 12.0. The minimum Gasteiger partial charge on any atom is -0.481 e. The molecule has 0 spiro atoms. The Bertz CT molecular complexity index is 758. The molecule has 132 valence electrons. The molecule has 3 rings (SSSR count). The topological polar surface area (TPSA) is 71.5 Å². The molecule has 1 aromatic carbocycles. The monoisotopic (exact) mass is 360 g/mol. The van der Waals surface area contributed by atoms with Crippen LogP contribution in [0.4, 0.5) is 0 Å². The molecule has 1 heterocycles. The van der Waals surface area contributed by atoms with Crippen LogP contribution >= 0.6 is 11.6 Å². The second-order valence-corrected chi connectivity index (χ2v) is 6.87. The zero-order chi connectivity index (χ0) is 18.0. The van der Waals surface area contributed by atoms with Gasteiger partial charge in [0.25, 0.3) is 5.91 Å². The Kier molecular flexibility index (Phi) is 5.25. The van der Waals surface area contributed by atoms with Crippen LogP contribution < -0.4 is 10.1 Å². The maximum atomic E-state index is 12.8. The van der Waals surface area contributed by atoms with Gasteiger partial charge in [0.15, 0.2) is 0 Å². The van der Waals surface area contributed by atoms with Crippen molar-refractivity contribution in [3.05, 3.63) is 58.2 Å². The van der Waals surface area contributed by atoms with Crippen LogP contribution in [-0.4, -0.2) is 29.2 Å². The molecule has 1 aliphatic rings. The number of aliphatic hydroxyl groups excluding tert-OH is 1. The molecule has 25 heavy (non-hydrogen) atoms. The number of hydrogen-bond donors (Lipinski definition) is 2. The van der Waals surface area contributed by atoms with Gasteiger partial charge in [-0.15, -0.1) is 0 Å². The predicted octanol–water partition coefficient (Wildman–Crippen LogP) is 3.29. The van der Waals surface area contributed by atoms with Gasteiger partial charge in [-0.2, -0.15) is 0 Å². The second kappa shape index (κ2) is 7.42. The minimum atomic E-state index is -0.302. The molecule has 1 unspecified atom stereocenters. The molecule has 1 atom stereocenters. The first-order valence-electron chi connectivity index (χ1n) is 8.23. The molecule has 1 amide bonds. The number of methoxy groups -OCH3 is 1. The SMILES string of the molecule is COc1ccc(C(NC(=O)c2cc(Cl)ccc2C)C2CC(O)C2)cn1. The minimum absolute atomic E-state index is 0.175. The highest BCUT2D eigenvalue weighted by Crippen LogP contribution is 2.38. The van der Waals surface area contributed by atoms with Crippen molar-refractivity contribution in [1.82, 2.24) is 10.3 Å². The number of aliphatic hydroxyl groups is 1. The van der Waals surface area contributed by atoms with Gasteiger partial charge >= 0.3 is 0 Å². The van der Waals surface area contributed by atoms with Crippen molar-refractivity contribution in [1.29, 1.82) is 0 Å². The number of ether oxygens (including phenoxy) is 1. The number of rotatable bonds is 5. The smallest absolute Gasteiger partial charge is 0.252 e. The van der Waals surface area contributed by atoms with E-state index in [1.807, 2.05) is 19.1 Å². The Morgan fingerprint density at radius 2 is 2.12 bits per heavy atom. The number of amides is 1. The van der Waals surface area contributed by atoms with Crippen LogP contribution in [0.1, 0.15) is 40.4 Å². The standard InChI is InChI=1S/C19H21ClN2O3/c1-11-3-5-14(20)9-16(11)19(24)22-18(13-7-15(23)8-13)12-4-6-17(25-2)21-10-12/h3-6,9-10,13,15,18,23H,7-8H2,1-2H3,(H,22,24). The van der Waals surface area contributed by atoms with E-state index in [0.29, 0.717) is 29.3 Å². The average Bonchev–Trinajstić information content (AvgIpc) is 2.59. The molecule has 0 bridgehead atoms. The van der Waals surface area contributed by atoms with Crippen LogP contribution in [0.15, 0.2) is 36.5 Å². The van der Waals surface area contributed by atoms with Gasteiger partial charge in [0.05, 0.1) is 19.3 Å². The summed E-state index contributed by atoms with van der Waals surface area (Å²) >= 11 is 6.03. The number of nitrogens with zero attached hydrogens (tertiary/aromatic N) is 1. The van der Waals surface area contributed by atoms with E-state index in [0.717, 1.165) is 11.1 Å². The van der Waals surface area contributed by atoms with Gasteiger partial charge in [-0.25, -0.2) is 4.98 Å². The summed E-state index contributed by atoms with van der Waals surface area (Å²) in [6, 6.07) is 8.72. The van der Waals surface area contributed by atoms with Gasteiger partial charge < -0.3 is 15.2 Å². The molecule has 6 heteroatoms. The molecule has 2 aromatic rings. The van der Waals surface area contributed by atoms with E-state index in [9.17, 15) is 9.90 Å². The molecule has 5 nitrogen and oxygen atoms in total. The number of carbonyl (C=O) groups is 1. The van der Waals surface area contributed by atoms with E-state index in [1.165, 1.54) is 0 Å². The third kappa shape index (κ3) is 3.94. The Labute approximate surface area is 152 Å². The van der Waals surface area contributed by atoms with Gasteiger partial charge in [0.1, 0.15) is 0 Å². The number of pyridine rings is 1. The molecule has 0 saturated heterocycles. The highest BCUT2D eigenvalue weighted by Gasteiger charge is 2.36. The van der Waals surface area contributed by atoms with Crippen molar-refractivity contribution >= 4 is 17.5 Å². The molecule has 2 N–H and O–H groups in total. The Hall–Kier alpha value is -2.11. The van der Waals surface area contributed by atoms with Crippen LogP contribution in [0.3, 0.4) is 0 Å². The van der Waals surface area contributed by atoms with E-state index in [4.69, 9.17) is 16.3 Å². The molecule has 0 radical (unpaired) electrons. The van der Waals surface area contributed by atoms with E-state index in [2.05, 4.69) is 10.3 Å². The molecular formula is C19H21ClN2O3. The average molecular weight is 361 g/mol. The number of benzene rings is 1. The fourth-order valence-corrected chi connectivity index (χ4v) is 3.30. The van der Waals surface area contributed by atoms with Crippen molar-refractivity contribution in [3.63, 3.8) is 0 Å². The zero-order valence-corrected chi connectivity index (χ0v) is 15.0. The summed E-state index contributed by atoms with van der Waals surface area (Å²) in [4.78, 5) is 17.0. The lowest BCUT2D eigenvalue weighted by molar-refractivity contribution is 0.0234. The quantitative estimate of drug-likeness (QED) is 0.858. The Morgan fingerprint density at radius 3 is 2.72 bits per heavy atom. The lowest BCUT2D eigenvalue weighted by atomic mass is 9.75. The third-order valence-corrected chi connectivity index (χ3v) is 4.91. The first-order valence-corrected chi connectivity index (χ1v) is 8.60. The summed E-state index contributed by atoms with van der Waals surface area (Å²) in [5, 5.41) is 13.3. The van der Waals surface area contributed by atoms with E-state index in [1.54, 1.807) is 31.5 Å². The third-order valence-electron chi connectivity index (χ3n) is 4.68. The number of nitrogens with one attached hydrogen (secondary N) is 1. The summed E-state index contributed by atoms with van der Waals surface area (Å²) in [6.07, 6.45) is 2.72. The lowest BCUT2D eigenvalue weighted by Gasteiger charge is -2.38. The van der Waals surface area contributed by atoms with E-state index >= 15 is 0 Å². The van der Waals surface area contributed by atoms with E-state index < -0.39 is 0 Å². The summed E-state index contributed by atoms with van der Waals surface area (Å²) in [7, 11) is 1.56. The number of aryl methyl sites for hydroxylation is 1.